The van der Waals surface area contributed by atoms with Gasteiger partial charge in [0, 0.05) is 7.05 Å². The van der Waals surface area contributed by atoms with Crippen molar-refractivity contribution in [2.24, 2.45) is 7.05 Å². The smallest absolute Gasteiger partial charge is 0.331 e. The van der Waals surface area contributed by atoms with Crippen molar-refractivity contribution in [3.63, 3.8) is 0 Å². The van der Waals surface area contributed by atoms with Gasteiger partial charge < -0.3 is 4.74 Å². The zero-order valence-corrected chi connectivity index (χ0v) is 13.5. The Kier molecular flexibility index (Phi) is 3.96. The van der Waals surface area contributed by atoms with Crippen LogP contribution in [0.4, 0.5) is 0 Å². The molecule has 0 amide bonds. The Morgan fingerprint density at radius 2 is 1.86 bits per heavy atom. The summed E-state index contributed by atoms with van der Waals surface area (Å²) in [5, 5.41) is 0.408. The Balaban J connectivity index is 2.58. The topological polar surface area (TPSA) is 70.3 Å². The Morgan fingerprint density at radius 1 is 1.23 bits per heavy atom. The molecule has 0 N–H and O–H groups in total. The maximum atomic E-state index is 12.5. The average Bonchev–Trinajstić information content (AvgIpc) is 2.39. The predicted octanol–water partition coefficient (Wildman–Crippen LogP) is 1.35. The van der Waals surface area contributed by atoms with E-state index in [9.17, 15) is 14.4 Å². The van der Waals surface area contributed by atoms with Gasteiger partial charge in [0.2, 0.25) is 0 Å². The summed E-state index contributed by atoms with van der Waals surface area (Å²) in [4.78, 5) is 36.7. The molecule has 0 fully saturated rings. The molecule has 1 heterocycles. The lowest BCUT2D eigenvalue weighted by Crippen LogP contribution is -2.42. The monoisotopic (exact) mass is 304 g/mol. The number of hydrogen-bond donors (Lipinski definition) is 0. The van der Waals surface area contributed by atoms with Crippen LogP contribution in [0.15, 0.2) is 27.8 Å². The third kappa shape index (κ3) is 3.10. The summed E-state index contributed by atoms with van der Waals surface area (Å²) in [7, 11) is 1.57. The molecule has 6 heteroatoms. The maximum absolute atomic E-state index is 12.5. The van der Waals surface area contributed by atoms with Gasteiger partial charge in [-0.1, -0.05) is 11.6 Å². The first-order valence-electron chi connectivity index (χ1n) is 7.02. The van der Waals surface area contributed by atoms with Crippen molar-refractivity contribution in [1.82, 2.24) is 9.13 Å². The SMILES string of the molecule is Cc1ccc2c(c1)c(=O)n(CC(=O)OC(C)(C)C)c(=O)n2C. The highest BCUT2D eigenvalue weighted by Crippen LogP contribution is 2.10. The van der Waals surface area contributed by atoms with Crippen molar-refractivity contribution >= 4 is 16.9 Å². The summed E-state index contributed by atoms with van der Waals surface area (Å²) >= 11 is 0. The highest BCUT2D eigenvalue weighted by Gasteiger charge is 2.19. The first kappa shape index (κ1) is 16.0. The van der Waals surface area contributed by atoms with Crippen LogP contribution in [0.25, 0.3) is 10.9 Å². The minimum atomic E-state index is -0.667. The van der Waals surface area contributed by atoms with E-state index in [1.54, 1.807) is 40.0 Å². The Bertz CT molecular complexity index is 853. The lowest BCUT2D eigenvalue weighted by atomic mass is 10.1. The Morgan fingerprint density at radius 3 is 2.45 bits per heavy atom. The van der Waals surface area contributed by atoms with Gasteiger partial charge in [0.1, 0.15) is 12.1 Å². The molecule has 0 saturated carbocycles. The third-order valence-electron chi connectivity index (χ3n) is 3.21. The summed E-state index contributed by atoms with van der Waals surface area (Å²) in [6.07, 6.45) is 0. The molecule has 0 aliphatic carbocycles. The molecular weight excluding hydrogens is 284 g/mol. The third-order valence-corrected chi connectivity index (χ3v) is 3.21. The minimum absolute atomic E-state index is 0.396. The molecule has 0 radical (unpaired) electrons. The fourth-order valence-corrected chi connectivity index (χ4v) is 2.27. The first-order chi connectivity index (χ1) is 10.1. The molecule has 0 aliphatic heterocycles. The second-order valence-electron chi connectivity index (χ2n) is 6.34. The number of carbonyl (C=O) groups is 1. The van der Waals surface area contributed by atoms with E-state index in [2.05, 4.69) is 0 Å². The molecule has 1 aromatic heterocycles. The van der Waals surface area contributed by atoms with Crippen LogP contribution < -0.4 is 11.2 Å². The zero-order valence-electron chi connectivity index (χ0n) is 13.5. The number of ether oxygens (including phenoxy) is 1. The van der Waals surface area contributed by atoms with Crippen molar-refractivity contribution in [3.05, 3.63) is 44.6 Å². The number of carbonyl (C=O) groups excluding carboxylic acids is 1. The number of nitrogens with zero attached hydrogens (tertiary/aromatic N) is 2. The largest absolute Gasteiger partial charge is 0.459 e. The van der Waals surface area contributed by atoms with E-state index >= 15 is 0 Å². The number of benzene rings is 1. The lowest BCUT2D eigenvalue weighted by Gasteiger charge is -2.20. The number of esters is 1. The molecule has 0 atom stereocenters. The van der Waals surface area contributed by atoms with Gasteiger partial charge in [0.15, 0.2) is 0 Å². The average molecular weight is 304 g/mol. The molecule has 118 valence electrons. The predicted molar refractivity (Wildman–Crippen MR) is 84.0 cm³/mol. The van der Waals surface area contributed by atoms with Gasteiger partial charge in [0.25, 0.3) is 5.56 Å². The molecule has 6 nitrogen and oxygen atoms in total. The number of fused-ring (bicyclic) bond motifs is 1. The quantitative estimate of drug-likeness (QED) is 0.785. The molecule has 0 unspecified atom stereocenters. The molecule has 2 rings (SSSR count). The molecule has 0 bridgehead atoms. The van der Waals surface area contributed by atoms with Crippen molar-refractivity contribution in [2.45, 2.75) is 39.8 Å². The normalized spacial score (nSPS) is 11.7. The standard InChI is InChI=1S/C16H20N2O4/c1-10-6-7-12-11(8-10)14(20)18(15(21)17(12)5)9-13(19)22-16(2,3)4/h6-8H,9H2,1-5H3. The van der Waals surface area contributed by atoms with Crippen LogP contribution in [0.1, 0.15) is 26.3 Å². The van der Waals surface area contributed by atoms with Crippen molar-refractivity contribution in [1.29, 1.82) is 0 Å². The number of aromatic nitrogens is 2. The van der Waals surface area contributed by atoms with Crippen molar-refractivity contribution in [3.8, 4) is 0 Å². The number of hydrogen-bond acceptors (Lipinski definition) is 4. The van der Waals surface area contributed by atoms with Gasteiger partial charge in [-0.25, -0.2) is 9.36 Å². The van der Waals surface area contributed by atoms with E-state index in [1.807, 2.05) is 13.0 Å². The first-order valence-corrected chi connectivity index (χ1v) is 7.02. The molecule has 22 heavy (non-hydrogen) atoms. The van der Waals surface area contributed by atoms with Crippen LogP contribution in [-0.4, -0.2) is 20.7 Å². The number of rotatable bonds is 2. The molecule has 1 aromatic carbocycles. The summed E-state index contributed by atoms with van der Waals surface area (Å²) < 4.78 is 7.45. The van der Waals surface area contributed by atoms with E-state index in [1.165, 1.54) is 4.57 Å². The van der Waals surface area contributed by atoms with Crippen LogP contribution in [0, 0.1) is 6.92 Å². The van der Waals surface area contributed by atoms with E-state index in [-0.39, 0.29) is 0 Å². The fraction of sp³-hybridized carbons (Fsp3) is 0.438. The van der Waals surface area contributed by atoms with E-state index < -0.39 is 29.4 Å². The Hall–Kier alpha value is -2.37. The van der Waals surface area contributed by atoms with Crippen LogP contribution >= 0.6 is 0 Å². The highest BCUT2D eigenvalue weighted by atomic mass is 16.6. The summed E-state index contributed by atoms with van der Waals surface area (Å²) in [5.41, 5.74) is -0.229. The van der Waals surface area contributed by atoms with E-state index in [0.717, 1.165) is 10.1 Å². The number of aryl methyl sites for hydroxylation is 2. The molecule has 2 aromatic rings. The van der Waals surface area contributed by atoms with Gasteiger partial charge in [-0.3, -0.25) is 14.2 Å². The minimum Gasteiger partial charge on any atom is -0.459 e. The Labute approximate surface area is 127 Å². The summed E-state index contributed by atoms with van der Waals surface area (Å²) in [6.45, 7) is 6.66. The van der Waals surface area contributed by atoms with Gasteiger partial charge >= 0.3 is 11.7 Å². The van der Waals surface area contributed by atoms with Crippen molar-refractivity contribution in [2.75, 3.05) is 0 Å². The molecule has 0 spiro atoms. The molecular formula is C16H20N2O4. The van der Waals surface area contributed by atoms with Gasteiger partial charge in [0.05, 0.1) is 10.9 Å². The van der Waals surface area contributed by atoms with Gasteiger partial charge in [-0.15, -0.1) is 0 Å². The maximum Gasteiger partial charge on any atom is 0.331 e. The lowest BCUT2D eigenvalue weighted by molar-refractivity contribution is -0.155. The van der Waals surface area contributed by atoms with Crippen LogP contribution in [0.2, 0.25) is 0 Å². The zero-order chi connectivity index (χ0) is 16.7. The van der Waals surface area contributed by atoms with E-state index in [4.69, 9.17) is 4.74 Å². The summed E-state index contributed by atoms with van der Waals surface area (Å²) in [6, 6.07) is 5.27. The van der Waals surface area contributed by atoms with Crippen LogP contribution in [0.3, 0.4) is 0 Å². The van der Waals surface area contributed by atoms with E-state index in [0.29, 0.717) is 10.9 Å². The highest BCUT2D eigenvalue weighted by molar-refractivity contribution is 5.79. The van der Waals surface area contributed by atoms with Crippen LogP contribution in [-0.2, 0) is 23.1 Å². The molecule has 0 saturated heterocycles. The summed E-state index contributed by atoms with van der Waals surface area (Å²) in [5.74, 6) is -0.612. The fourth-order valence-electron chi connectivity index (χ4n) is 2.27. The van der Waals surface area contributed by atoms with Gasteiger partial charge in [-0.05, 0) is 39.8 Å². The van der Waals surface area contributed by atoms with Gasteiger partial charge in [-0.2, -0.15) is 0 Å². The molecule has 0 aliphatic rings. The second-order valence-corrected chi connectivity index (χ2v) is 6.34. The van der Waals surface area contributed by atoms with Crippen molar-refractivity contribution < 1.29 is 9.53 Å². The second kappa shape index (κ2) is 5.44. The van der Waals surface area contributed by atoms with Crippen LogP contribution in [0.5, 0.6) is 0 Å².